The number of aliphatic hydroxyl groups is 1. The third-order valence-corrected chi connectivity index (χ3v) is 6.86. The highest BCUT2D eigenvalue weighted by Gasteiger charge is 2.38. The van der Waals surface area contributed by atoms with Crippen molar-refractivity contribution in [3.8, 4) is 0 Å². The Morgan fingerprint density at radius 1 is 1.35 bits per heavy atom. The van der Waals surface area contributed by atoms with Gasteiger partial charge in [0.25, 0.3) is 0 Å². The molecule has 0 spiro atoms. The molecule has 2 N–H and O–H groups in total. The van der Waals surface area contributed by atoms with Crippen LogP contribution in [0.4, 0.5) is 0 Å². The molecule has 3 rings (SSSR count). The summed E-state index contributed by atoms with van der Waals surface area (Å²) >= 11 is 1.47. The van der Waals surface area contributed by atoms with E-state index >= 15 is 0 Å². The van der Waals surface area contributed by atoms with E-state index in [0.717, 1.165) is 9.75 Å². The number of pyridine rings is 1. The maximum absolute atomic E-state index is 12.8. The van der Waals surface area contributed by atoms with Gasteiger partial charge in [-0.3, -0.25) is 4.98 Å². The van der Waals surface area contributed by atoms with Crippen LogP contribution in [-0.4, -0.2) is 24.6 Å². The number of thiophene rings is 1. The number of rotatable bonds is 5. The van der Waals surface area contributed by atoms with Gasteiger partial charge in [0, 0.05) is 16.0 Å². The molecule has 1 saturated carbocycles. The van der Waals surface area contributed by atoms with Gasteiger partial charge in [-0.25, -0.2) is 13.1 Å². The molecule has 1 aliphatic carbocycles. The van der Waals surface area contributed by atoms with E-state index in [2.05, 4.69) is 9.71 Å². The van der Waals surface area contributed by atoms with Crippen LogP contribution < -0.4 is 4.72 Å². The molecule has 124 valence electrons. The third kappa shape index (κ3) is 3.47. The number of nitrogens with one attached hydrogen (secondary N) is 1. The minimum Gasteiger partial charge on any atom is -0.393 e. The number of aliphatic hydroxyl groups excluding tert-OH is 1. The predicted molar refractivity (Wildman–Crippen MR) is 89.8 cm³/mol. The first-order chi connectivity index (χ1) is 10.9. The molecule has 0 radical (unpaired) electrons. The minimum absolute atomic E-state index is 0.0645. The first kappa shape index (κ1) is 16.6. The van der Waals surface area contributed by atoms with Crippen molar-refractivity contribution < 1.29 is 13.5 Å². The molecule has 1 atom stereocenters. The molecule has 2 aromatic rings. The molecule has 1 fully saturated rings. The highest BCUT2D eigenvalue weighted by molar-refractivity contribution is 7.89. The Hall–Kier alpha value is -1.28. The summed E-state index contributed by atoms with van der Waals surface area (Å²) in [5, 5.41) is 9.58. The lowest BCUT2D eigenvalue weighted by Gasteiger charge is -2.37. The minimum atomic E-state index is -3.62. The average molecular weight is 352 g/mol. The summed E-state index contributed by atoms with van der Waals surface area (Å²) in [6.07, 6.45) is 2.49. The standard InChI is InChI=1S/C16H20N2O3S2/c1-10-7-15(11(2)22-10)23(20,21)18-16(12-8-13(19)9-12)14-5-3-4-6-17-14/h3-7,12-13,16,18-19H,8-9H2,1-2H3/t12?,13?,16-/m0/s1. The molecule has 0 aliphatic heterocycles. The zero-order valence-electron chi connectivity index (χ0n) is 13.1. The van der Waals surface area contributed by atoms with Gasteiger partial charge in [-0.15, -0.1) is 11.3 Å². The van der Waals surface area contributed by atoms with Gasteiger partial charge in [0.1, 0.15) is 0 Å². The van der Waals surface area contributed by atoms with Crippen LogP contribution in [0.2, 0.25) is 0 Å². The van der Waals surface area contributed by atoms with Gasteiger partial charge >= 0.3 is 0 Å². The van der Waals surface area contributed by atoms with Crippen LogP contribution in [0.1, 0.15) is 34.3 Å². The number of aromatic nitrogens is 1. The smallest absolute Gasteiger partial charge is 0.242 e. The van der Waals surface area contributed by atoms with Crippen molar-refractivity contribution in [1.29, 1.82) is 0 Å². The average Bonchev–Trinajstić information content (AvgIpc) is 2.82. The van der Waals surface area contributed by atoms with Crippen LogP contribution in [0.25, 0.3) is 0 Å². The molecule has 0 aromatic carbocycles. The Labute approximate surface area is 140 Å². The van der Waals surface area contributed by atoms with Gasteiger partial charge in [0.2, 0.25) is 10.0 Å². The van der Waals surface area contributed by atoms with Crippen LogP contribution in [-0.2, 0) is 10.0 Å². The van der Waals surface area contributed by atoms with E-state index in [1.165, 1.54) is 11.3 Å². The SMILES string of the molecule is Cc1cc(S(=O)(=O)N[C@H](c2ccccn2)C2CC(O)C2)c(C)s1. The lowest BCUT2D eigenvalue weighted by Crippen LogP contribution is -2.41. The third-order valence-electron chi connectivity index (χ3n) is 4.19. The van der Waals surface area contributed by atoms with E-state index in [1.807, 2.05) is 26.0 Å². The number of hydrogen-bond donors (Lipinski definition) is 2. The highest BCUT2D eigenvalue weighted by Crippen LogP contribution is 2.38. The molecule has 2 aromatic heterocycles. The molecule has 5 nitrogen and oxygen atoms in total. The van der Waals surface area contributed by atoms with Crippen LogP contribution in [0.15, 0.2) is 35.4 Å². The van der Waals surface area contributed by atoms with E-state index in [-0.39, 0.29) is 12.0 Å². The normalized spacial score (nSPS) is 22.6. The Bertz CT molecular complexity index is 781. The second-order valence-corrected chi connectivity index (χ2v) is 9.16. The summed E-state index contributed by atoms with van der Waals surface area (Å²) in [6, 6.07) is 6.76. The van der Waals surface area contributed by atoms with Crippen LogP contribution in [0, 0.1) is 19.8 Å². The lowest BCUT2D eigenvalue weighted by atomic mass is 9.76. The van der Waals surface area contributed by atoms with E-state index < -0.39 is 16.1 Å². The second-order valence-electron chi connectivity index (χ2n) is 6.02. The summed E-state index contributed by atoms with van der Waals surface area (Å²) < 4.78 is 28.4. The quantitative estimate of drug-likeness (QED) is 0.867. The number of sulfonamides is 1. The maximum Gasteiger partial charge on any atom is 0.242 e. The van der Waals surface area contributed by atoms with Crippen molar-refractivity contribution in [3.05, 3.63) is 45.9 Å². The van der Waals surface area contributed by atoms with E-state index in [0.29, 0.717) is 23.4 Å². The largest absolute Gasteiger partial charge is 0.393 e. The van der Waals surface area contributed by atoms with Gasteiger partial charge in [-0.2, -0.15) is 0 Å². The van der Waals surface area contributed by atoms with Crippen molar-refractivity contribution in [2.75, 3.05) is 0 Å². The van der Waals surface area contributed by atoms with Crippen molar-refractivity contribution in [2.45, 2.75) is 43.7 Å². The molecule has 0 unspecified atom stereocenters. The molecule has 23 heavy (non-hydrogen) atoms. The Morgan fingerprint density at radius 2 is 2.09 bits per heavy atom. The van der Waals surface area contributed by atoms with Crippen molar-refractivity contribution in [2.24, 2.45) is 5.92 Å². The zero-order chi connectivity index (χ0) is 16.6. The molecular weight excluding hydrogens is 332 g/mol. The summed E-state index contributed by atoms with van der Waals surface area (Å²) in [6.45, 7) is 3.71. The number of aryl methyl sites for hydroxylation is 2. The van der Waals surface area contributed by atoms with E-state index in [9.17, 15) is 13.5 Å². The summed E-state index contributed by atoms with van der Waals surface area (Å²) in [5.74, 6) is 0.0645. The monoisotopic (exact) mass is 352 g/mol. The Morgan fingerprint density at radius 3 is 2.61 bits per heavy atom. The van der Waals surface area contributed by atoms with Crippen LogP contribution >= 0.6 is 11.3 Å². The van der Waals surface area contributed by atoms with E-state index in [1.54, 1.807) is 18.3 Å². The number of nitrogens with zero attached hydrogens (tertiary/aromatic N) is 1. The van der Waals surface area contributed by atoms with Gasteiger partial charge in [-0.1, -0.05) is 6.07 Å². The summed E-state index contributed by atoms with van der Waals surface area (Å²) in [7, 11) is -3.62. The highest BCUT2D eigenvalue weighted by atomic mass is 32.2. The lowest BCUT2D eigenvalue weighted by molar-refractivity contribution is 0.0273. The summed E-state index contributed by atoms with van der Waals surface area (Å²) in [4.78, 5) is 6.39. The summed E-state index contributed by atoms with van der Waals surface area (Å²) in [5.41, 5.74) is 0.692. The fraction of sp³-hybridized carbons (Fsp3) is 0.438. The molecule has 7 heteroatoms. The fourth-order valence-corrected chi connectivity index (χ4v) is 5.80. The topological polar surface area (TPSA) is 79.3 Å². The Balaban J connectivity index is 1.90. The molecule has 2 heterocycles. The molecule has 0 amide bonds. The van der Waals surface area contributed by atoms with Crippen LogP contribution in [0.5, 0.6) is 0 Å². The predicted octanol–water partition coefficient (Wildman–Crippen LogP) is 2.55. The van der Waals surface area contributed by atoms with Crippen molar-refractivity contribution >= 4 is 21.4 Å². The van der Waals surface area contributed by atoms with Crippen molar-refractivity contribution in [1.82, 2.24) is 9.71 Å². The molecule has 0 saturated heterocycles. The van der Waals surface area contributed by atoms with E-state index in [4.69, 9.17) is 0 Å². The van der Waals surface area contributed by atoms with Gasteiger partial charge in [-0.05, 0) is 50.8 Å². The number of hydrogen-bond acceptors (Lipinski definition) is 5. The van der Waals surface area contributed by atoms with Gasteiger partial charge < -0.3 is 5.11 Å². The van der Waals surface area contributed by atoms with Crippen LogP contribution in [0.3, 0.4) is 0 Å². The fourth-order valence-electron chi connectivity index (χ4n) is 2.97. The van der Waals surface area contributed by atoms with Gasteiger partial charge in [0.15, 0.2) is 0 Å². The maximum atomic E-state index is 12.8. The molecular formula is C16H20N2O3S2. The Kier molecular flexibility index (Phi) is 4.55. The van der Waals surface area contributed by atoms with Gasteiger partial charge in [0.05, 0.1) is 22.7 Å². The molecule has 0 bridgehead atoms. The molecule has 1 aliphatic rings. The zero-order valence-corrected chi connectivity index (χ0v) is 14.7. The first-order valence-electron chi connectivity index (χ1n) is 7.55. The second kappa shape index (κ2) is 6.32. The van der Waals surface area contributed by atoms with Crippen molar-refractivity contribution in [3.63, 3.8) is 0 Å². The first-order valence-corrected chi connectivity index (χ1v) is 9.85.